The van der Waals surface area contributed by atoms with Crippen LogP contribution in [0.1, 0.15) is 43.1 Å². The first kappa shape index (κ1) is 19.6. The second-order valence-electron chi connectivity index (χ2n) is 6.10. The predicted molar refractivity (Wildman–Crippen MR) is 105 cm³/mol. The van der Waals surface area contributed by atoms with Gasteiger partial charge in [-0.15, -0.1) is 0 Å². The van der Waals surface area contributed by atoms with Crippen molar-refractivity contribution in [1.82, 2.24) is 19.9 Å². The molecule has 1 atom stereocenters. The highest BCUT2D eigenvalue weighted by Crippen LogP contribution is 2.23. The number of halogens is 1. The van der Waals surface area contributed by atoms with Crippen LogP contribution in [0.2, 0.25) is 0 Å². The molecule has 1 aromatic carbocycles. The van der Waals surface area contributed by atoms with Crippen LogP contribution >= 0.6 is 0 Å². The number of benzene rings is 1. The first-order valence-corrected chi connectivity index (χ1v) is 9.45. The Balaban J connectivity index is 0.00000109. The molecule has 1 amide bonds. The molecular formula is C20H24FN5O2. The zero-order chi connectivity index (χ0) is 20.1. The van der Waals surface area contributed by atoms with Gasteiger partial charge in [0.1, 0.15) is 29.1 Å². The normalized spacial score (nSPS) is 16.3. The van der Waals surface area contributed by atoms with Crippen LogP contribution in [-0.2, 0) is 6.54 Å². The molecule has 2 bridgehead atoms. The Bertz CT molecular complexity index is 972. The second kappa shape index (κ2) is 8.69. The highest BCUT2D eigenvalue weighted by molar-refractivity contribution is 5.99. The van der Waals surface area contributed by atoms with Crippen LogP contribution in [0.3, 0.4) is 0 Å². The van der Waals surface area contributed by atoms with Crippen LogP contribution < -0.4 is 15.4 Å². The monoisotopic (exact) mass is 385 g/mol. The van der Waals surface area contributed by atoms with Gasteiger partial charge in [0.15, 0.2) is 5.65 Å². The van der Waals surface area contributed by atoms with Gasteiger partial charge in [0, 0.05) is 18.3 Å². The van der Waals surface area contributed by atoms with E-state index in [0.29, 0.717) is 47.9 Å². The molecular weight excluding hydrogens is 361 g/mol. The van der Waals surface area contributed by atoms with E-state index >= 15 is 0 Å². The molecule has 0 saturated heterocycles. The van der Waals surface area contributed by atoms with Crippen molar-refractivity contribution >= 4 is 17.4 Å². The Morgan fingerprint density at radius 1 is 1.29 bits per heavy atom. The average molecular weight is 385 g/mol. The van der Waals surface area contributed by atoms with Gasteiger partial charge < -0.3 is 15.4 Å². The number of hydrogen-bond acceptors (Lipinski definition) is 5. The summed E-state index contributed by atoms with van der Waals surface area (Å²) >= 11 is 0. The summed E-state index contributed by atoms with van der Waals surface area (Å²) in [5.41, 5.74) is 1.54. The molecule has 2 N–H and O–H groups in total. The molecule has 0 radical (unpaired) electrons. The lowest BCUT2D eigenvalue weighted by atomic mass is 10.1. The van der Waals surface area contributed by atoms with Gasteiger partial charge in [-0.2, -0.15) is 5.10 Å². The Morgan fingerprint density at radius 3 is 2.89 bits per heavy atom. The highest BCUT2D eigenvalue weighted by atomic mass is 19.1. The molecule has 0 aliphatic carbocycles. The summed E-state index contributed by atoms with van der Waals surface area (Å²) in [4.78, 5) is 17.0. The van der Waals surface area contributed by atoms with E-state index in [4.69, 9.17) is 4.74 Å². The molecule has 1 aliphatic heterocycles. The maximum absolute atomic E-state index is 13.7. The van der Waals surface area contributed by atoms with Crippen molar-refractivity contribution in [3.8, 4) is 5.75 Å². The van der Waals surface area contributed by atoms with E-state index < -0.39 is 0 Å². The lowest BCUT2D eigenvalue weighted by molar-refractivity contribution is 0.0927. The van der Waals surface area contributed by atoms with E-state index in [-0.39, 0.29) is 17.8 Å². The molecule has 148 valence electrons. The van der Waals surface area contributed by atoms with Gasteiger partial charge in [0.05, 0.1) is 12.7 Å². The van der Waals surface area contributed by atoms with Gasteiger partial charge >= 0.3 is 0 Å². The number of nitrogens with one attached hydrogen (secondary N) is 2. The Hall–Kier alpha value is -3.16. The molecule has 1 aliphatic rings. The van der Waals surface area contributed by atoms with E-state index in [2.05, 4.69) is 20.7 Å². The summed E-state index contributed by atoms with van der Waals surface area (Å²) in [5, 5.41) is 10.2. The molecule has 4 rings (SSSR count). The minimum Gasteiger partial charge on any atom is -0.488 e. The fraction of sp³-hybridized carbons (Fsp3) is 0.350. The molecule has 3 heterocycles. The van der Waals surface area contributed by atoms with Crippen molar-refractivity contribution in [3.63, 3.8) is 0 Å². The molecule has 0 fully saturated rings. The number of nitrogens with zero attached hydrogens (tertiary/aromatic N) is 3. The summed E-state index contributed by atoms with van der Waals surface area (Å²) in [7, 11) is 0. The molecule has 8 heteroatoms. The number of aromatic nitrogens is 3. The van der Waals surface area contributed by atoms with Crippen molar-refractivity contribution in [2.24, 2.45) is 0 Å². The number of ether oxygens (including phenoxy) is 1. The fourth-order valence-electron chi connectivity index (χ4n) is 2.87. The van der Waals surface area contributed by atoms with E-state index in [1.54, 1.807) is 22.8 Å². The highest BCUT2D eigenvalue weighted by Gasteiger charge is 2.19. The van der Waals surface area contributed by atoms with Gasteiger partial charge in [-0.05, 0) is 30.7 Å². The quantitative estimate of drug-likeness (QED) is 0.671. The fourth-order valence-corrected chi connectivity index (χ4v) is 2.87. The van der Waals surface area contributed by atoms with E-state index in [1.165, 1.54) is 18.3 Å². The van der Waals surface area contributed by atoms with Crippen molar-refractivity contribution in [2.75, 3.05) is 11.9 Å². The standard InChI is InChI=1S/C18H18FN5O2.C2H6/c1-2-13-9-21-18(25)14-10-22-24-6-5-16(23-17(14)24)20-8-11-7-12(19)3-4-15(11)26-13;1-2/h3-7,10,13H,2,8-9H2,1H3,(H,20,23)(H,21,25);1-2H3/t13-;/m0./s1. The van der Waals surface area contributed by atoms with Crippen molar-refractivity contribution in [2.45, 2.75) is 39.8 Å². The largest absolute Gasteiger partial charge is 0.488 e. The summed E-state index contributed by atoms with van der Waals surface area (Å²) in [6.45, 7) is 6.65. The van der Waals surface area contributed by atoms with Crippen LogP contribution in [0.25, 0.3) is 5.65 Å². The molecule has 28 heavy (non-hydrogen) atoms. The van der Waals surface area contributed by atoms with Crippen LogP contribution in [0, 0.1) is 5.82 Å². The minimum absolute atomic E-state index is 0.231. The van der Waals surface area contributed by atoms with Crippen molar-refractivity contribution < 1.29 is 13.9 Å². The number of carbonyl (C=O) groups excluding carboxylic acids is 1. The third kappa shape index (κ3) is 4.05. The van der Waals surface area contributed by atoms with Crippen LogP contribution in [0.15, 0.2) is 36.7 Å². The zero-order valence-corrected chi connectivity index (χ0v) is 16.2. The zero-order valence-electron chi connectivity index (χ0n) is 16.2. The lowest BCUT2D eigenvalue weighted by Crippen LogP contribution is -2.35. The van der Waals surface area contributed by atoms with E-state index in [0.717, 1.165) is 0 Å². The Morgan fingerprint density at radius 2 is 2.11 bits per heavy atom. The van der Waals surface area contributed by atoms with E-state index in [1.807, 2.05) is 20.8 Å². The number of fused-ring (bicyclic) bond motifs is 2. The summed E-state index contributed by atoms with van der Waals surface area (Å²) in [5.74, 6) is 0.559. The van der Waals surface area contributed by atoms with Gasteiger partial charge in [-0.25, -0.2) is 13.9 Å². The molecule has 0 saturated carbocycles. The first-order valence-electron chi connectivity index (χ1n) is 9.45. The summed E-state index contributed by atoms with van der Waals surface area (Å²) in [6.07, 6.45) is 3.68. The number of rotatable bonds is 1. The molecule has 2 aromatic heterocycles. The van der Waals surface area contributed by atoms with Crippen LogP contribution in [-0.4, -0.2) is 33.2 Å². The molecule has 3 aromatic rings. The van der Waals surface area contributed by atoms with Gasteiger partial charge in [0.25, 0.3) is 5.91 Å². The smallest absolute Gasteiger partial charge is 0.256 e. The molecule has 0 spiro atoms. The third-order valence-corrected chi connectivity index (χ3v) is 4.34. The topological polar surface area (TPSA) is 80.6 Å². The average Bonchev–Trinajstić information content (AvgIpc) is 3.15. The first-order chi connectivity index (χ1) is 13.6. The third-order valence-electron chi connectivity index (χ3n) is 4.34. The Kier molecular flexibility index (Phi) is 6.08. The van der Waals surface area contributed by atoms with Crippen molar-refractivity contribution in [1.29, 1.82) is 0 Å². The SMILES string of the molecule is CC.CC[C@H]1CNC(=O)c2cnn3ccc(nc23)NCc2cc(F)ccc2O1. The van der Waals surface area contributed by atoms with Gasteiger partial charge in [0.2, 0.25) is 0 Å². The van der Waals surface area contributed by atoms with Crippen LogP contribution in [0.4, 0.5) is 10.2 Å². The predicted octanol–water partition coefficient (Wildman–Crippen LogP) is 3.41. The minimum atomic E-state index is -0.332. The number of carbonyl (C=O) groups is 1. The van der Waals surface area contributed by atoms with Crippen LogP contribution in [0.5, 0.6) is 5.75 Å². The van der Waals surface area contributed by atoms with E-state index in [9.17, 15) is 9.18 Å². The van der Waals surface area contributed by atoms with Gasteiger partial charge in [-0.1, -0.05) is 20.8 Å². The lowest BCUT2D eigenvalue weighted by Gasteiger charge is -2.20. The number of anilines is 1. The second-order valence-corrected chi connectivity index (χ2v) is 6.10. The maximum atomic E-state index is 13.7. The molecule has 7 nitrogen and oxygen atoms in total. The summed E-state index contributed by atoms with van der Waals surface area (Å²) < 4.78 is 21.3. The number of amides is 1. The Labute approximate surface area is 162 Å². The number of hydrogen-bond donors (Lipinski definition) is 2. The molecule has 0 unspecified atom stereocenters. The summed E-state index contributed by atoms with van der Waals surface area (Å²) in [6, 6.07) is 6.17. The van der Waals surface area contributed by atoms with Gasteiger partial charge in [-0.3, -0.25) is 4.79 Å². The maximum Gasteiger partial charge on any atom is 0.256 e. The van der Waals surface area contributed by atoms with Crippen molar-refractivity contribution in [3.05, 3.63) is 53.6 Å².